The summed E-state index contributed by atoms with van der Waals surface area (Å²) in [5.41, 5.74) is 0. The van der Waals surface area contributed by atoms with E-state index in [9.17, 15) is 19.8 Å². The molecule has 0 saturated carbocycles. The Balaban J connectivity index is 3.45. The van der Waals surface area contributed by atoms with Crippen molar-refractivity contribution in [2.75, 3.05) is 13.2 Å². The molecular weight excluding hydrogens is 899 g/mol. The monoisotopic (exact) mass is 1030 g/mol. The van der Waals surface area contributed by atoms with Gasteiger partial charge in [0, 0.05) is 12.8 Å². The molecule has 0 aliphatic heterocycles. The third-order valence-electron chi connectivity index (χ3n) is 15.2. The fourth-order valence-electron chi connectivity index (χ4n) is 10.1. The summed E-state index contributed by atoms with van der Waals surface area (Å²) < 4.78 is 5.47. The molecule has 0 aromatic rings. The maximum Gasteiger partial charge on any atom is 0.305 e. The number of aliphatic hydroxyl groups excluding tert-OH is 2. The maximum absolute atomic E-state index is 12.5. The van der Waals surface area contributed by atoms with E-state index in [1.54, 1.807) is 0 Å². The number of unbranched alkanes of at least 4 members (excludes halogenated alkanes) is 44. The van der Waals surface area contributed by atoms with Crippen LogP contribution in [-0.2, 0) is 14.3 Å². The first-order valence-corrected chi connectivity index (χ1v) is 32.7. The van der Waals surface area contributed by atoms with Crippen molar-refractivity contribution in [2.45, 2.75) is 366 Å². The molecule has 430 valence electrons. The number of aliphatic hydroxyl groups is 2. The largest absolute Gasteiger partial charge is 0.466 e. The van der Waals surface area contributed by atoms with Crippen LogP contribution in [0.2, 0.25) is 0 Å². The van der Waals surface area contributed by atoms with Gasteiger partial charge >= 0.3 is 5.97 Å². The highest BCUT2D eigenvalue weighted by Gasteiger charge is 2.20. The van der Waals surface area contributed by atoms with Crippen molar-refractivity contribution >= 4 is 11.9 Å². The van der Waals surface area contributed by atoms with Crippen LogP contribution in [0, 0.1) is 0 Å². The average Bonchev–Trinajstić information content (AvgIpc) is 3.39. The van der Waals surface area contributed by atoms with Crippen LogP contribution in [0.25, 0.3) is 0 Å². The molecule has 0 bridgehead atoms. The van der Waals surface area contributed by atoms with Gasteiger partial charge in [0.25, 0.3) is 0 Å². The Morgan fingerprint density at radius 1 is 0.384 bits per heavy atom. The minimum atomic E-state index is -0.672. The second-order valence-corrected chi connectivity index (χ2v) is 22.4. The Bertz CT molecular complexity index is 1180. The number of carbonyl (C=O) groups excluding carboxylic acids is 2. The van der Waals surface area contributed by atoms with Crippen molar-refractivity contribution in [3.63, 3.8) is 0 Å². The number of nitrogens with one attached hydrogen (secondary N) is 1. The van der Waals surface area contributed by atoms with Crippen LogP contribution >= 0.6 is 0 Å². The van der Waals surface area contributed by atoms with Gasteiger partial charge in [0.1, 0.15) is 0 Å². The van der Waals surface area contributed by atoms with Crippen molar-refractivity contribution < 1.29 is 24.5 Å². The van der Waals surface area contributed by atoms with E-state index in [1.807, 2.05) is 0 Å². The zero-order chi connectivity index (χ0) is 52.9. The lowest BCUT2D eigenvalue weighted by molar-refractivity contribution is -0.143. The molecule has 0 saturated heterocycles. The number of ether oxygens (including phenoxy) is 1. The molecule has 6 nitrogen and oxygen atoms in total. The molecule has 73 heavy (non-hydrogen) atoms. The van der Waals surface area contributed by atoms with Gasteiger partial charge in [-0.05, 0) is 83.5 Å². The third kappa shape index (κ3) is 59.2. The van der Waals surface area contributed by atoms with Crippen molar-refractivity contribution in [2.24, 2.45) is 0 Å². The molecular formula is C67H127NO5. The molecule has 0 rings (SSSR count). The van der Waals surface area contributed by atoms with Gasteiger partial charge in [-0.1, -0.05) is 294 Å². The Morgan fingerprint density at radius 2 is 0.685 bits per heavy atom. The summed E-state index contributed by atoms with van der Waals surface area (Å²) in [5, 5.41) is 23.4. The normalized spacial score (nSPS) is 12.8. The summed E-state index contributed by atoms with van der Waals surface area (Å²) in [4.78, 5) is 24.6. The molecule has 0 radical (unpaired) electrons. The van der Waals surface area contributed by atoms with E-state index >= 15 is 0 Å². The maximum atomic E-state index is 12.5. The van der Waals surface area contributed by atoms with Gasteiger partial charge in [0.15, 0.2) is 0 Å². The number of hydrogen-bond donors (Lipinski definition) is 3. The van der Waals surface area contributed by atoms with E-state index in [-0.39, 0.29) is 18.5 Å². The Kier molecular flexibility index (Phi) is 61.0. The number of allylic oxidation sites excluding steroid dienone is 6. The van der Waals surface area contributed by atoms with Gasteiger partial charge in [-0.2, -0.15) is 0 Å². The van der Waals surface area contributed by atoms with E-state index in [0.29, 0.717) is 25.9 Å². The Morgan fingerprint density at radius 3 is 1.05 bits per heavy atom. The smallest absolute Gasteiger partial charge is 0.305 e. The van der Waals surface area contributed by atoms with Crippen LogP contribution in [0.3, 0.4) is 0 Å². The molecule has 1 amide bonds. The summed E-state index contributed by atoms with van der Waals surface area (Å²) in [6, 6.07) is -0.550. The first-order valence-electron chi connectivity index (χ1n) is 32.7. The summed E-state index contributed by atoms with van der Waals surface area (Å²) in [7, 11) is 0. The number of esters is 1. The van der Waals surface area contributed by atoms with Crippen molar-refractivity contribution in [1.29, 1.82) is 0 Å². The summed E-state index contributed by atoms with van der Waals surface area (Å²) in [6.07, 6.45) is 78.8. The average molecular weight is 1030 g/mol. The lowest BCUT2D eigenvalue weighted by Crippen LogP contribution is -2.45. The van der Waals surface area contributed by atoms with Crippen LogP contribution < -0.4 is 5.32 Å². The van der Waals surface area contributed by atoms with Gasteiger partial charge in [0.2, 0.25) is 5.91 Å². The minimum Gasteiger partial charge on any atom is -0.466 e. The quantitative estimate of drug-likeness (QED) is 0.0320. The lowest BCUT2D eigenvalue weighted by atomic mass is 10.0. The molecule has 0 aliphatic carbocycles. The third-order valence-corrected chi connectivity index (χ3v) is 15.2. The van der Waals surface area contributed by atoms with E-state index in [0.717, 1.165) is 57.8 Å². The van der Waals surface area contributed by atoms with Gasteiger partial charge < -0.3 is 20.3 Å². The highest BCUT2D eigenvalue weighted by Crippen LogP contribution is 2.18. The molecule has 0 aliphatic rings. The lowest BCUT2D eigenvalue weighted by Gasteiger charge is -2.22. The number of carbonyl (C=O) groups is 2. The first kappa shape index (κ1) is 71.1. The standard InChI is InChI=1S/C67H127NO5/c1-3-5-7-9-11-13-15-17-19-20-26-29-32-35-39-43-47-51-55-59-65(70)64(63-69)68-66(71)60-56-52-48-44-40-36-33-30-27-24-22-21-23-25-28-31-34-38-42-46-50-54-58-62-73-67(72)61-57-53-49-45-41-37-18-16-14-12-10-8-6-4-2/h16,18,21,23-24,27,64-65,69-70H,3-15,17,19-20,22,25-26,28-63H2,1-2H3,(H,68,71)/b18-16-,23-21-,27-24-. The van der Waals surface area contributed by atoms with Gasteiger partial charge in [-0.3, -0.25) is 9.59 Å². The second kappa shape index (κ2) is 62.6. The molecule has 2 unspecified atom stereocenters. The predicted octanol–water partition coefficient (Wildman–Crippen LogP) is 20.8. The summed E-state index contributed by atoms with van der Waals surface area (Å²) in [6.45, 7) is 4.95. The fourth-order valence-corrected chi connectivity index (χ4v) is 10.1. The summed E-state index contributed by atoms with van der Waals surface area (Å²) in [5.74, 6) is -0.0440. The summed E-state index contributed by atoms with van der Waals surface area (Å²) >= 11 is 0. The van der Waals surface area contributed by atoms with E-state index in [4.69, 9.17) is 4.74 Å². The van der Waals surface area contributed by atoms with Gasteiger partial charge in [0.05, 0.1) is 25.4 Å². The highest BCUT2D eigenvalue weighted by atomic mass is 16.5. The van der Waals surface area contributed by atoms with Crippen molar-refractivity contribution in [1.82, 2.24) is 5.32 Å². The predicted molar refractivity (Wildman–Crippen MR) is 319 cm³/mol. The molecule has 6 heteroatoms. The Labute approximate surface area is 455 Å². The van der Waals surface area contributed by atoms with Crippen molar-refractivity contribution in [3.05, 3.63) is 36.5 Å². The second-order valence-electron chi connectivity index (χ2n) is 22.4. The van der Waals surface area contributed by atoms with Gasteiger partial charge in [-0.25, -0.2) is 0 Å². The molecule has 0 aromatic carbocycles. The van der Waals surface area contributed by atoms with Crippen LogP contribution in [0.1, 0.15) is 354 Å². The van der Waals surface area contributed by atoms with Crippen LogP contribution in [-0.4, -0.2) is 47.4 Å². The fraction of sp³-hybridized carbons (Fsp3) is 0.881. The Hall–Kier alpha value is -1.92. The van der Waals surface area contributed by atoms with Crippen LogP contribution in [0.15, 0.2) is 36.5 Å². The zero-order valence-electron chi connectivity index (χ0n) is 49.1. The zero-order valence-corrected chi connectivity index (χ0v) is 49.1. The molecule has 0 fully saturated rings. The van der Waals surface area contributed by atoms with Crippen molar-refractivity contribution in [3.8, 4) is 0 Å². The van der Waals surface area contributed by atoms with E-state index in [2.05, 4.69) is 55.6 Å². The van der Waals surface area contributed by atoms with Crippen LogP contribution in [0.5, 0.6) is 0 Å². The van der Waals surface area contributed by atoms with Gasteiger partial charge in [-0.15, -0.1) is 0 Å². The number of rotatable bonds is 61. The SMILES string of the molecule is CCCCCCC/C=C\CCCCCCCC(=O)OCCCCCCCCCCC/C=C\C/C=C\CCCCCCCCCC(=O)NC(CO)C(O)CCCCCCCCCCCCCCCCCCCCC. The minimum absolute atomic E-state index is 0.00119. The molecule has 0 heterocycles. The number of amides is 1. The first-order chi connectivity index (χ1) is 36.0. The topological polar surface area (TPSA) is 95.9 Å². The number of hydrogen-bond acceptors (Lipinski definition) is 5. The molecule has 0 aromatic heterocycles. The molecule has 2 atom stereocenters. The molecule has 3 N–H and O–H groups in total. The van der Waals surface area contributed by atoms with E-state index in [1.165, 1.54) is 263 Å². The van der Waals surface area contributed by atoms with Crippen LogP contribution in [0.4, 0.5) is 0 Å². The highest BCUT2D eigenvalue weighted by molar-refractivity contribution is 5.76. The molecule has 0 spiro atoms. The van der Waals surface area contributed by atoms with E-state index < -0.39 is 12.1 Å².